The Hall–Kier alpha value is -1.39. The number of piperazine rings is 1. The second kappa shape index (κ2) is 7.41. The summed E-state index contributed by atoms with van der Waals surface area (Å²) in [4.78, 5) is 15.6. The summed E-state index contributed by atoms with van der Waals surface area (Å²) in [6.45, 7) is 6.64. The third-order valence-corrected chi connectivity index (χ3v) is 4.10. The molecule has 1 aliphatic heterocycles. The van der Waals surface area contributed by atoms with Gasteiger partial charge in [-0.05, 0) is 25.3 Å². The molecule has 0 radical (unpaired) electrons. The zero-order chi connectivity index (χ0) is 14.4. The number of rotatable bonds is 6. The quantitative estimate of drug-likeness (QED) is 0.846. The molecule has 1 heterocycles. The fourth-order valence-corrected chi connectivity index (χ4v) is 2.79. The highest BCUT2D eigenvalue weighted by Gasteiger charge is 2.21. The number of aryl methyl sites for hydroxylation is 1. The van der Waals surface area contributed by atoms with Gasteiger partial charge in [-0.3, -0.25) is 14.6 Å². The van der Waals surface area contributed by atoms with Gasteiger partial charge in [0.05, 0.1) is 6.54 Å². The van der Waals surface area contributed by atoms with Gasteiger partial charge in [-0.15, -0.1) is 0 Å². The van der Waals surface area contributed by atoms with Gasteiger partial charge in [0.2, 0.25) is 5.91 Å². The lowest BCUT2D eigenvalue weighted by molar-refractivity contribution is -0.119. The molecule has 0 unspecified atom stereocenters. The molecule has 110 valence electrons. The van der Waals surface area contributed by atoms with E-state index in [2.05, 4.69) is 47.1 Å². The van der Waals surface area contributed by atoms with Crippen LogP contribution in [0.3, 0.4) is 0 Å². The Labute approximate surface area is 121 Å². The van der Waals surface area contributed by atoms with Crippen molar-refractivity contribution in [3.05, 3.63) is 35.9 Å². The number of nitrogens with zero attached hydrogens (tertiary/aromatic N) is 2. The number of hydrogen-bond donors (Lipinski definition) is 1. The molecule has 1 fully saturated rings. The van der Waals surface area contributed by atoms with E-state index in [9.17, 15) is 4.79 Å². The van der Waals surface area contributed by atoms with E-state index < -0.39 is 0 Å². The fraction of sp³-hybridized carbons (Fsp3) is 0.562. The van der Waals surface area contributed by atoms with E-state index in [1.54, 1.807) is 0 Å². The van der Waals surface area contributed by atoms with Crippen LogP contribution in [0.2, 0.25) is 0 Å². The molecule has 4 heteroatoms. The van der Waals surface area contributed by atoms with Crippen LogP contribution in [0.4, 0.5) is 0 Å². The second-order valence-electron chi connectivity index (χ2n) is 5.65. The maximum atomic E-state index is 10.9. The van der Waals surface area contributed by atoms with Crippen molar-refractivity contribution in [3.63, 3.8) is 0 Å². The molecule has 1 aromatic carbocycles. The highest BCUT2D eigenvalue weighted by Crippen LogP contribution is 2.12. The summed E-state index contributed by atoms with van der Waals surface area (Å²) >= 11 is 0. The molecule has 0 bridgehead atoms. The first-order valence-corrected chi connectivity index (χ1v) is 7.44. The molecule has 20 heavy (non-hydrogen) atoms. The lowest BCUT2D eigenvalue weighted by atomic mass is 10.0. The van der Waals surface area contributed by atoms with Gasteiger partial charge >= 0.3 is 0 Å². The normalized spacial score (nSPS) is 18.9. The number of benzene rings is 1. The molecule has 1 aliphatic rings. The molecule has 1 aromatic rings. The van der Waals surface area contributed by atoms with Crippen LogP contribution in [-0.4, -0.2) is 54.5 Å². The third-order valence-electron chi connectivity index (χ3n) is 4.10. The summed E-state index contributed by atoms with van der Waals surface area (Å²) in [6.07, 6.45) is 2.31. The van der Waals surface area contributed by atoms with E-state index in [0.29, 0.717) is 12.6 Å². The van der Waals surface area contributed by atoms with E-state index >= 15 is 0 Å². The highest BCUT2D eigenvalue weighted by atomic mass is 16.1. The molecule has 2 rings (SSSR count). The number of carbonyl (C=O) groups excluding carboxylic acids is 1. The van der Waals surface area contributed by atoms with Crippen molar-refractivity contribution in [2.45, 2.75) is 25.8 Å². The molecule has 2 N–H and O–H groups in total. The van der Waals surface area contributed by atoms with Crippen molar-refractivity contribution in [2.75, 3.05) is 32.7 Å². The predicted molar refractivity (Wildman–Crippen MR) is 81.4 cm³/mol. The minimum absolute atomic E-state index is 0.226. The minimum Gasteiger partial charge on any atom is -0.369 e. The van der Waals surface area contributed by atoms with E-state index in [1.165, 1.54) is 12.0 Å². The van der Waals surface area contributed by atoms with Crippen LogP contribution in [0.5, 0.6) is 0 Å². The average Bonchev–Trinajstić information content (AvgIpc) is 2.46. The van der Waals surface area contributed by atoms with Crippen LogP contribution < -0.4 is 5.73 Å². The average molecular weight is 275 g/mol. The maximum Gasteiger partial charge on any atom is 0.231 e. The molecule has 0 aromatic heterocycles. The number of carbonyl (C=O) groups is 1. The van der Waals surface area contributed by atoms with Crippen molar-refractivity contribution in [1.82, 2.24) is 9.80 Å². The van der Waals surface area contributed by atoms with Crippen LogP contribution in [0.25, 0.3) is 0 Å². The number of hydrogen-bond acceptors (Lipinski definition) is 3. The Balaban J connectivity index is 1.72. The van der Waals surface area contributed by atoms with Crippen molar-refractivity contribution >= 4 is 5.91 Å². The highest BCUT2D eigenvalue weighted by molar-refractivity contribution is 5.75. The molecule has 0 spiro atoms. The lowest BCUT2D eigenvalue weighted by Crippen LogP contribution is -2.51. The molecule has 1 atom stereocenters. The van der Waals surface area contributed by atoms with Crippen molar-refractivity contribution in [1.29, 1.82) is 0 Å². The minimum atomic E-state index is -0.226. The Kier molecular flexibility index (Phi) is 5.56. The van der Waals surface area contributed by atoms with Gasteiger partial charge in [0, 0.05) is 32.2 Å². The van der Waals surface area contributed by atoms with Crippen LogP contribution in [-0.2, 0) is 11.2 Å². The van der Waals surface area contributed by atoms with E-state index in [0.717, 1.165) is 32.6 Å². The predicted octanol–water partition coefficient (Wildman–Crippen LogP) is 1.11. The Morgan fingerprint density at radius 3 is 2.45 bits per heavy atom. The van der Waals surface area contributed by atoms with Crippen molar-refractivity contribution in [3.8, 4) is 0 Å². The molecule has 1 saturated heterocycles. The fourth-order valence-electron chi connectivity index (χ4n) is 2.79. The lowest BCUT2D eigenvalue weighted by Gasteiger charge is -2.37. The molecule has 4 nitrogen and oxygen atoms in total. The van der Waals surface area contributed by atoms with Gasteiger partial charge in [-0.25, -0.2) is 0 Å². The standard InChI is InChI=1S/C16H25N3O/c1-14(7-8-15-5-3-2-4-6-15)19-11-9-18(10-12-19)13-16(17)20/h2-6,14H,7-13H2,1H3,(H2,17,20)/t14-/m1/s1. The molecule has 0 aliphatic carbocycles. The number of amides is 1. The second-order valence-corrected chi connectivity index (χ2v) is 5.65. The monoisotopic (exact) mass is 275 g/mol. The summed E-state index contributed by atoms with van der Waals surface area (Å²) in [5.74, 6) is -0.226. The summed E-state index contributed by atoms with van der Waals surface area (Å²) < 4.78 is 0. The van der Waals surface area contributed by atoms with E-state index in [4.69, 9.17) is 5.73 Å². The smallest absolute Gasteiger partial charge is 0.231 e. The van der Waals surface area contributed by atoms with Crippen LogP contribution in [0.1, 0.15) is 18.9 Å². The van der Waals surface area contributed by atoms with Gasteiger partial charge in [-0.1, -0.05) is 30.3 Å². The molecule has 1 amide bonds. The first-order valence-electron chi connectivity index (χ1n) is 7.44. The number of primary amides is 1. The van der Waals surface area contributed by atoms with Gasteiger partial charge in [0.15, 0.2) is 0 Å². The van der Waals surface area contributed by atoms with Gasteiger partial charge < -0.3 is 5.73 Å². The largest absolute Gasteiger partial charge is 0.369 e. The summed E-state index contributed by atoms with van der Waals surface area (Å²) in [5.41, 5.74) is 6.64. The summed E-state index contributed by atoms with van der Waals surface area (Å²) in [6, 6.07) is 11.2. The van der Waals surface area contributed by atoms with E-state index in [1.807, 2.05) is 0 Å². The van der Waals surface area contributed by atoms with Crippen LogP contribution >= 0.6 is 0 Å². The van der Waals surface area contributed by atoms with Gasteiger partial charge in [-0.2, -0.15) is 0 Å². The van der Waals surface area contributed by atoms with Gasteiger partial charge in [0.25, 0.3) is 0 Å². The zero-order valence-electron chi connectivity index (χ0n) is 12.3. The van der Waals surface area contributed by atoms with Gasteiger partial charge in [0.1, 0.15) is 0 Å². The van der Waals surface area contributed by atoms with Crippen LogP contribution in [0, 0.1) is 0 Å². The van der Waals surface area contributed by atoms with Crippen molar-refractivity contribution in [2.24, 2.45) is 5.73 Å². The topological polar surface area (TPSA) is 49.6 Å². The Morgan fingerprint density at radius 1 is 1.20 bits per heavy atom. The SMILES string of the molecule is C[C@H](CCc1ccccc1)N1CCN(CC(N)=O)CC1. The molecular formula is C16H25N3O. The zero-order valence-corrected chi connectivity index (χ0v) is 12.3. The van der Waals surface area contributed by atoms with E-state index in [-0.39, 0.29) is 5.91 Å². The number of nitrogens with two attached hydrogens (primary N) is 1. The third kappa shape index (κ3) is 4.62. The Bertz CT molecular complexity index is 413. The summed E-state index contributed by atoms with van der Waals surface area (Å²) in [5, 5.41) is 0. The van der Waals surface area contributed by atoms with Crippen molar-refractivity contribution < 1.29 is 4.79 Å². The first-order chi connectivity index (χ1) is 9.65. The molecular weight excluding hydrogens is 250 g/mol. The summed E-state index contributed by atoms with van der Waals surface area (Å²) in [7, 11) is 0. The first kappa shape index (κ1) is 15.0. The Morgan fingerprint density at radius 2 is 1.85 bits per heavy atom. The van der Waals surface area contributed by atoms with Crippen LogP contribution in [0.15, 0.2) is 30.3 Å². The molecule has 0 saturated carbocycles. The maximum absolute atomic E-state index is 10.9.